The molecule has 15 heavy (non-hydrogen) atoms. The highest BCUT2D eigenvalue weighted by Crippen LogP contribution is 2.33. The van der Waals surface area contributed by atoms with Gasteiger partial charge in [0.15, 0.2) is 0 Å². The van der Waals surface area contributed by atoms with Crippen LogP contribution in [0.25, 0.3) is 10.1 Å². The van der Waals surface area contributed by atoms with E-state index in [2.05, 4.69) is 6.07 Å². The van der Waals surface area contributed by atoms with E-state index in [1.165, 1.54) is 4.70 Å². The van der Waals surface area contributed by atoms with Gasteiger partial charge in [0.2, 0.25) is 0 Å². The van der Waals surface area contributed by atoms with Gasteiger partial charge < -0.3 is 10.8 Å². The summed E-state index contributed by atoms with van der Waals surface area (Å²) in [5.41, 5.74) is 6.57. The fraction of sp³-hybridized carbons (Fsp3) is 0.333. The molecule has 0 fully saturated rings. The predicted molar refractivity (Wildman–Crippen MR) is 65.0 cm³/mol. The van der Waals surface area contributed by atoms with Crippen LogP contribution in [0.15, 0.2) is 29.6 Å². The van der Waals surface area contributed by atoms with Crippen LogP contribution in [-0.2, 0) is 0 Å². The Kier molecular flexibility index (Phi) is 3.05. The Balaban J connectivity index is 2.43. The van der Waals surface area contributed by atoms with E-state index < -0.39 is 6.10 Å². The first-order valence-electron chi connectivity index (χ1n) is 5.08. The molecule has 80 valence electrons. The van der Waals surface area contributed by atoms with Crippen LogP contribution < -0.4 is 5.73 Å². The monoisotopic (exact) mass is 221 g/mol. The zero-order valence-electron chi connectivity index (χ0n) is 8.68. The smallest absolute Gasteiger partial charge is 0.0841 e. The van der Waals surface area contributed by atoms with Crippen molar-refractivity contribution in [3.8, 4) is 0 Å². The largest absolute Gasteiger partial charge is 0.388 e. The molecule has 2 unspecified atom stereocenters. The van der Waals surface area contributed by atoms with Crippen LogP contribution in [0.4, 0.5) is 0 Å². The second kappa shape index (κ2) is 4.31. The van der Waals surface area contributed by atoms with Gasteiger partial charge in [0.1, 0.15) is 0 Å². The topological polar surface area (TPSA) is 46.2 Å². The molecular formula is C12H15NOS. The maximum Gasteiger partial charge on any atom is 0.0841 e. The summed E-state index contributed by atoms with van der Waals surface area (Å²) in [6.45, 7) is 2.47. The Morgan fingerprint density at radius 3 is 2.87 bits per heavy atom. The van der Waals surface area contributed by atoms with Crippen molar-refractivity contribution < 1.29 is 5.11 Å². The molecule has 0 aliphatic carbocycles. The maximum atomic E-state index is 10.1. The van der Waals surface area contributed by atoms with Gasteiger partial charge in [-0.2, -0.15) is 0 Å². The van der Waals surface area contributed by atoms with Crippen LogP contribution >= 0.6 is 11.3 Å². The van der Waals surface area contributed by atoms with Crippen molar-refractivity contribution in [3.63, 3.8) is 0 Å². The Bertz CT molecular complexity index is 452. The third-order valence-electron chi connectivity index (χ3n) is 2.74. The van der Waals surface area contributed by atoms with Gasteiger partial charge >= 0.3 is 0 Å². The Morgan fingerprint density at radius 1 is 1.40 bits per heavy atom. The fourth-order valence-electron chi connectivity index (χ4n) is 1.66. The molecule has 2 nitrogen and oxygen atoms in total. The lowest BCUT2D eigenvalue weighted by Gasteiger charge is -2.16. The molecule has 0 amide bonds. The average molecular weight is 221 g/mol. The van der Waals surface area contributed by atoms with Crippen LogP contribution in [0, 0.1) is 5.92 Å². The lowest BCUT2D eigenvalue weighted by molar-refractivity contribution is 0.123. The van der Waals surface area contributed by atoms with Crippen LogP contribution in [0.5, 0.6) is 0 Å². The highest BCUT2D eigenvalue weighted by Gasteiger charge is 2.18. The standard InChI is InChI=1S/C12H15NOS/c1-8(6-13)12(14)10-7-15-11-5-3-2-4-9(10)11/h2-5,7-8,12,14H,6,13H2,1H3. The van der Waals surface area contributed by atoms with Crippen molar-refractivity contribution >= 4 is 21.4 Å². The number of nitrogens with two attached hydrogens (primary N) is 1. The van der Waals surface area contributed by atoms with Gasteiger partial charge in [0.05, 0.1) is 6.10 Å². The van der Waals surface area contributed by atoms with Crippen LogP contribution in [0.1, 0.15) is 18.6 Å². The van der Waals surface area contributed by atoms with Gasteiger partial charge in [-0.05, 0) is 34.9 Å². The molecular weight excluding hydrogens is 206 g/mol. The SMILES string of the molecule is CC(CN)C(O)c1csc2ccccc12. The second-order valence-electron chi connectivity index (χ2n) is 3.85. The second-order valence-corrected chi connectivity index (χ2v) is 4.76. The summed E-state index contributed by atoms with van der Waals surface area (Å²) in [6.07, 6.45) is -0.453. The number of aliphatic hydroxyl groups excluding tert-OH is 1. The third-order valence-corrected chi connectivity index (χ3v) is 3.72. The molecule has 0 aliphatic heterocycles. The number of hydrogen-bond acceptors (Lipinski definition) is 3. The minimum Gasteiger partial charge on any atom is -0.388 e. The number of rotatable bonds is 3. The summed E-state index contributed by atoms with van der Waals surface area (Å²) in [6, 6.07) is 8.14. The van der Waals surface area contributed by atoms with Crippen LogP contribution in [0.3, 0.4) is 0 Å². The average Bonchev–Trinajstić information content (AvgIpc) is 2.70. The summed E-state index contributed by atoms with van der Waals surface area (Å²) < 4.78 is 1.22. The van der Waals surface area contributed by atoms with Crippen molar-refractivity contribution in [2.24, 2.45) is 11.7 Å². The van der Waals surface area contributed by atoms with Gasteiger partial charge in [0, 0.05) is 4.70 Å². The Morgan fingerprint density at radius 2 is 2.13 bits per heavy atom. The molecule has 3 N–H and O–H groups in total. The summed E-state index contributed by atoms with van der Waals surface area (Å²) in [5, 5.41) is 13.3. The Labute approximate surface area is 93.3 Å². The molecule has 0 bridgehead atoms. The molecule has 0 aliphatic rings. The molecule has 3 heteroatoms. The van der Waals surface area contributed by atoms with E-state index in [-0.39, 0.29) is 5.92 Å². The van der Waals surface area contributed by atoms with E-state index >= 15 is 0 Å². The van der Waals surface area contributed by atoms with Gasteiger partial charge in [-0.25, -0.2) is 0 Å². The first-order valence-corrected chi connectivity index (χ1v) is 5.96. The van der Waals surface area contributed by atoms with E-state index in [0.29, 0.717) is 6.54 Å². The van der Waals surface area contributed by atoms with Crippen molar-refractivity contribution in [2.45, 2.75) is 13.0 Å². The molecule has 2 aromatic rings. The Hall–Kier alpha value is -0.900. The molecule has 0 saturated heterocycles. The van der Waals surface area contributed by atoms with Crippen molar-refractivity contribution in [1.29, 1.82) is 0 Å². The molecule has 0 radical (unpaired) electrons. The van der Waals surface area contributed by atoms with Crippen molar-refractivity contribution in [3.05, 3.63) is 35.2 Å². The molecule has 0 spiro atoms. The predicted octanol–water partition coefficient (Wildman–Crippen LogP) is 2.53. The maximum absolute atomic E-state index is 10.1. The van der Waals surface area contributed by atoms with E-state index in [4.69, 9.17) is 5.73 Å². The summed E-state index contributed by atoms with van der Waals surface area (Å²) in [4.78, 5) is 0. The molecule has 1 heterocycles. The van der Waals surface area contributed by atoms with Gasteiger partial charge in [-0.15, -0.1) is 11.3 Å². The van der Waals surface area contributed by atoms with Crippen LogP contribution in [-0.4, -0.2) is 11.7 Å². The van der Waals surface area contributed by atoms with E-state index in [0.717, 1.165) is 10.9 Å². The number of fused-ring (bicyclic) bond motifs is 1. The summed E-state index contributed by atoms with van der Waals surface area (Å²) in [5.74, 6) is 0.100. The highest BCUT2D eigenvalue weighted by atomic mass is 32.1. The number of hydrogen-bond donors (Lipinski definition) is 2. The highest BCUT2D eigenvalue weighted by molar-refractivity contribution is 7.17. The zero-order chi connectivity index (χ0) is 10.8. The number of benzene rings is 1. The first kappa shape index (κ1) is 10.6. The molecule has 0 saturated carbocycles. The molecule has 1 aromatic carbocycles. The molecule has 2 atom stereocenters. The minimum atomic E-state index is -0.453. The van der Waals surface area contributed by atoms with Crippen LogP contribution in [0.2, 0.25) is 0 Å². The van der Waals surface area contributed by atoms with E-state index in [1.807, 2.05) is 30.5 Å². The number of aliphatic hydroxyl groups is 1. The number of thiophene rings is 1. The van der Waals surface area contributed by atoms with Gasteiger partial charge in [-0.3, -0.25) is 0 Å². The lowest BCUT2D eigenvalue weighted by Crippen LogP contribution is -2.18. The van der Waals surface area contributed by atoms with Crippen molar-refractivity contribution in [1.82, 2.24) is 0 Å². The quantitative estimate of drug-likeness (QED) is 0.836. The lowest BCUT2D eigenvalue weighted by atomic mass is 9.97. The molecule has 2 rings (SSSR count). The third kappa shape index (κ3) is 1.91. The fourth-order valence-corrected chi connectivity index (χ4v) is 2.65. The summed E-state index contributed by atoms with van der Waals surface area (Å²) >= 11 is 1.67. The van der Waals surface area contributed by atoms with Crippen molar-refractivity contribution in [2.75, 3.05) is 6.54 Å². The first-order chi connectivity index (χ1) is 7.24. The van der Waals surface area contributed by atoms with Gasteiger partial charge in [-0.1, -0.05) is 25.1 Å². The molecule has 1 aromatic heterocycles. The normalized spacial score (nSPS) is 15.4. The van der Waals surface area contributed by atoms with Gasteiger partial charge in [0.25, 0.3) is 0 Å². The summed E-state index contributed by atoms with van der Waals surface area (Å²) in [7, 11) is 0. The minimum absolute atomic E-state index is 0.100. The zero-order valence-corrected chi connectivity index (χ0v) is 9.50. The van der Waals surface area contributed by atoms with E-state index in [9.17, 15) is 5.11 Å². The van der Waals surface area contributed by atoms with E-state index in [1.54, 1.807) is 11.3 Å².